The lowest BCUT2D eigenvalue weighted by atomic mass is 10.2. The molecule has 0 spiro atoms. The van der Waals surface area contributed by atoms with Crippen LogP contribution in [0.25, 0.3) is 11.4 Å². The molecule has 2 aromatic rings. The lowest BCUT2D eigenvalue weighted by molar-refractivity contribution is 0.200. The molecule has 0 saturated heterocycles. The fourth-order valence-electron chi connectivity index (χ4n) is 2.21. The van der Waals surface area contributed by atoms with E-state index in [4.69, 9.17) is 11.6 Å². The van der Waals surface area contributed by atoms with E-state index in [1.54, 1.807) is 0 Å². The Labute approximate surface area is 125 Å². The molecule has 4 nitrogen and oxygen atoms in total. The first kappa shape index (κ1) is 15.0. The first-order chi connectivity index (χ1) is 9.43. The molecule has 1 aromatic carbocycles. The minimum absolute atomic E-state index is 0.198. The highest BCUT2D eigenvalue weighted by Gasteiger charge is 2.21. The van der Waals surface area contributed by atoms with Crippen LogP contribution >= 0.6 is 11.6 Å². The first-order valence-electron chi connectivity index (χ1n) is 6.79. The van der Waals surface area contributed by atoms with Gasteiger partial charge in [0, 0.05) is 18.7 Å². The average Bonchev–Trinajstić information content (AvgIpc) is 2.79. The van der Waals surface area contributed by atoms with Gasteiger partial charge in [-0.3, -0.25) is 4.90 Å². The summed E-state index contributed by atoms with van der Waals surface area (Å²) in [4.78, 5) is 2.26. The van der Waals surface area contributed by atoms with Crippen molar-refractivity contribution in [3.63, 3.8) is 0 Å². The van der Waals surface area contributed by atoms with Crippen LogP contribution in [0.1, 0.15) is 32.6 Å². The Morgan fingerprint density at radius 1 is 1.15 bits per heavy atom. The Morgan fingerprint density at radius 2 is 1.80 bits per heavy atom. The molecule has 1 heterocycles. The van der Waals surface area contributed by atoms with Crippen molar-refractivity contribution < 1.29 is 0 Å². The number of nitrogens with zero attached hydrogens (tertiary/aromatic N) is 4. The monoisotopic (exact) mass is 292 g/mol. The topological polar surface area (TPSA) is 34.0 Å². The molecule has 0 amide bonds. The van der Waals surface area contributed by atoms with Crippen LogP contribution < -0.4 is 0 Å². The maximum absolute atomic E-state index is 6.24. The van der Waals surface area contributed by atoms with Crippen molar-refractivity contribution >= 4 is 11.6 Å². The molecule has 0 saturated carbocycles. The molecule has 0 aliphatic heterocycles. The molecule has 0 N–H and O–H groups in total. The van der Waals surface area contributed by atoms with Crippen LogP contribution in [0.5, 0.6) is 0 Å². The lowest BCUT2D eigenvalue weighted by Crippen LogP contribution is -2.30. The van der Waals surface area contributed by atoms with Crippen LogP contribution in [0.3, 0.4) is 0 Å². The van der Waals surface area contributed by atoms with Crippen molar-refractivity contribution in [1.82, 2.24) is 19.7 Å². The zero-order valence-electron chi connectivity index (χ0n) is 12.6. The van der Waals surface area contributed by atoms with Crippen LogP contribution in [0.2, 0.25) is 5.02 Å². The second-order valence-electron chi connectivity index (χ2n) is 5.36. The smallest absolute Gasteiger partial charge is 0.165 e. The molecule has 0 aliphatic rings. The minimum atomic E-state index is 0.198. The summed E-state index contributed by atoms with van der Waals surface area (Å²) >= 11 is 6.24. The van der Waals surface area contributed by atoms with Crippen LogP contribution in [-0.4, -0.2) is 32.8 Å². The highest BCUT2D eigenvalue weighted by molar-refractivity contribution is 6.33. The Kier molecular flexibility index (Phi) is 4.45. The quantitative estimate of drug-likeness (QED) is 0.864. The summed E-state index contributed by atoms with van der Waals surface area (Å²) in [6.07, 6.45) is 0. The van der Waals surface area contributed by atoms with E-state index >= 15 is 0 Å². The van der Waals surface area contributed by atoms with Gasteiger partial charge in [0.25, 0.3) is 0 Å². The van der Waals surface area contributed by atoms with E-state index in [2.05, 4.69) is 42.9 Å². The van der Waals surface area contributed by atoms with E-state index in [1.165, 1.54) is 0 Å². The van der Waals surface area contributed by atoms with Crippen LogP contribution in [0.15, 0.2) is 24.3 Å². The van der Waals surface area contributed by atoms with Gasteiger partial charge in [0.1, 0.15) is 5.82 Å². The summed E-state index contributed by atoms with van der Waals surface area (Å²) in [5, 5.41) is 9.35. The van der Waals surface area contributed by atoms with E-state index in [0.29, 0.717) is 11.1 Å². The number of rotatable bonds is 4. The van der Waals surface area contributed by atoms with Gasteiger partial charge in [0.15, 0.2) is 5.82 Å². The van der Waals surface area contributed by atoms with Gasteiger partial charge in [-0.05, 0) is 40.0 Å². The SMILES string of the molecule is CC(C)N(C)C(C)c1nnc(-c2ccccc2Cl)n1C. The van der Waals surface area contributed by atoms with Gasteiger partial charge in [0.05, 0.1) is 11.1 Å². The molecule has 1 atom stereocenters. The van der Waals surface area contributed by atoms with E-state index < -0.39 is 0 Å². The summed E-state index contributed by atoms with van der Waals surface area (Å²) in [5.74, 6) is 1.74. The van der Waals surface area contributed by atoms with Gasteiger partial charge in [-0.1, -0.05) is 23.7 Å². The van der Waals surface area contributed by atoms with Crippen molar-refractivity contribution in [2.24, 2.45) is 7.05 Å². The van der Waals surface area contributed by atoms with E-state index in [-0.39, 0.29) is 6.04 Å². The molecular formula is C15H21ClN4. The molecule has 0 radical (unpaired) electrons. The van der Waals surface area contributed by atoms with Crippen LogP contribution in [-0.2, 0) is 7.05 Å². The van der Waals surface area contributed by atoms with Crippen molar-refractivity contribution in [2.45, 2.75) is 32.9 Å². The van der Waals surface area contributed by atoms with Crippen molar-refractivity contribution in [1.29, 1.82) is 0 Å². The summed E-state index contributed by atoms with van der Waals surface area (Å²) in [6, 6.07) is 8.36. The molecule has 20 heavy (non-hydrogen) atoms. The highest BCUT2D eigenvalue weighted by Crippen LogP contribution is 2.28. The third kappa shape index (κ3) is 2.72. The van der Waals surface area contributed by atoms with Gasteiger partial charge in [-0.25, -0.2) is 0 Å². The van der Waals surface area contributed by atoms with Crippen molar-refractivity contribution in [3.05, 3.63) is 35.1 Å². The standard InChI is InChI=1S/C15H21ClN4/c1-10(2)19(4)11(3)14-17-18-15(20(14)5)12-8-6-7-9-13(12)16/h6-11H,1-5H3. The summed E-state index contributed by atoms with van der Waals surface area (Å²) in [5.41, 5.74) is 0.912. The molecular weight excluding hydrogens is 272 g/mol. The van der Waals surface area contributed by atoms with Gasteiger partial charge in [0.2, 0.25) is 0 Å². The Bertz CT molecular complexity index is 591. The number of benzene rings is 1. The molecule has 0 bridgehead atoms. The molecule has 2 rings (SSSR count). The molecule has 1 aromatic heterocycles. The molecule has 5 heteroatoms. The minimum Gasteiger partial charge on any atom is -0.313 e. The fourth-order valence-corrected chi connectivity index (χ4v) is 2.43. The number of hydrogen-bond donors (Lipinski definition) is 0. The maximum Gasteiger partial charge on any atom is 0.165 e. The second-order valence-corrected chi connectivity index (χ2v) is 5.76. The average molecular weight is 293 g/mol. The van der Waals surface area contributed by atoms with E-state index in [1.807, 2.05) is 35.9 Å². The summed E-state index contributed by atoms with van der Waals surface area (Å²) in [7, 11) is 4.08. The third-order valence-corrected chi connectivity index (χ3v) is 4.15. The summed E-state index contributed by atoms with van der Waals surface area (Å²) < 4.78 is 2.02. The van der Waals surface area contributed by atoms with Crippen LogP contribution in [0, 0.1) is 0 Å². The maximum atomic E-state index is 6.24. The van der Waals surface area contributed by atoms with Crippen molar-refractivity contribution in [2.75, 3.05) is 7.05 Å². The largest absolute Gasteiger partial charge is 0.313 e. The molecule has 108 valence electrons. The van der Waals surface area contributed by atoms with Gasteiger partial charge in [-0.2, -0.15) is 0 Å². The van der Waals surface area contributed by atoms with Crippen LogP contribution in [0.4, 0.5) is 0 Å². The number of hydrogen-bond acceptors (Lipinski definition) is 3. The van der Waals surface area contributed by atoms with Gasteiger partial charge >= 0.3 is 0 Å². The lowest BCUT2D eigenvalue weighted by Gasteiger charge is -2.27. The normalized spacial score (nSPS) is 13.2. The summed E-state index contributed by atoms with van der Waals surface area (Å²) in [6.45, 7) is 6.48. The predicted octanol–water partition coefficient (Wildman–Crippen LogP) is 3.54. The number of halogens is 1. The Morgan fingerprint density at radius 3 is 2.40 bits per heavy atom. The molecule has 0 fully saturated rings. The highest BCUT2D eigenvalue weighted by atomic mass is 35.5. The second kappa shape index (κ2) is 5.94. The predicted molar refractivity (Wildman–Crippen MR) is 82.8 cm³/mol. The molecule has 1 unspecified atom stereocenters. The fraction of sp³-hybridized carbons (Fsp3) is 0.467. The zero-order chi connectivity index (χ0) is 14.9. The van der Waals surface area contributed by atoms with Gasteiger partial charge in [-0.15, -0.1) is 10.2 Å². The Balaban J connectivity index is 2.40. The Hall–Kier alpha value is -1.39. The van der Waals surface area contributed by atoms with E-state index in [0.717, 1.165) is 17.2 Å². The van der Waals surface area contributed by atoms with Crippen molar-refractivity contribution in [3.8, 4) is 11.4 Å². The van der Waals surface area contributed by atoms with E-state index in [9.17, 15) is 0 Å². The molecule has 0 aliphatic carbocycles. The van der Waals surface area contributed by atoms with Gasteiger partial charge < -0.3 is 4.57 Å². The third-order valence-electron chi connectivity index (χ3n) is 3.82. The first-order valence-corrected chi connectivity index (χ1v) is 7.17. The number of aromatic nitrogens is 3. The zero-order valence-corrected chi connectivity index (χ0v) is 13.4.